The lowest BCUT2D eigenvalue weighted by molar-refractivity contribution is -0.738. The second kappa shape index (κ2) is 6.37. The van der Waals surface area contributed by atoms with Crippen LogP contribution in [0.15, 0.2) is 24.3 Å². The molecule has 5 N–H and O–H groups in total. The minimum Gasteiger partial charge on any atom is -0.494 e. The van der Waals surface area contributed by atoms with Gasteiger partial charge in [0.2, 0.25) is 5.91 Å². The Morgan fingerprint density at radius 3 is 2.65 bits per heavy atom. The van der Waals surface area contributed by atoms with Gasteiger partial charge in [0.15, 0.2) is 0 Å². The number of carbonyl (C=O) groups is 1. The van der Waals surface area contributed by atoms with E-state index in [2.05, 4.69) is 5.32 Å². The summed E-state index contributed by atoms with van der Waals surface area (Å²) in [4.78, 5) is 11.4. The molecule has 17 heavy (non-hydrogen) atoms. The Morgan fingerprint density at radius 2 is 2.12 bits per heavy atom. The van der Waals surface area contributed by atoms with Crippen molar-refractivity contribution in [2.45, 2.75) is 13.3 Å². The number of amidine groups is 1. The van der Waals surface area contributed by atoms with E-state index < -0.39 is 0 Å². The van der Waals surface area contributed by atoms with Crippen LogP contribution in [-0.4, -0.2) is 23.6 Å². The van der Waals surface area contributed by atoms with Gasteiger partial charge in [0, 0.05) is 5.69 Å². The monoisotopic (exact) mass is 238 g/mol. The van der Waals surface area contributed by atoms with Crippen LogP contribution in [0.5, 0.6) is 5.75 Å². The number of anilines is 1. The zero-order valence-electron chi connectivity index (χ0n) is 9.56. The first-order valence-electron chi connectivity index (χ1n) is 5.19. The van der Waals surface area contributed by atoms with Crippen molar-refractivity contribution in [3.63, 3.8) is 0 Å². The minimum absolute atomic E-state index is 0.00608. The van der Waals surface area contributed by atoms with Crippen molar-refractivity contribution < 1.29 is 19.9 Å². The number of ether oxygens (including phenoxy) is 1. The van der Waals surface area contributed by atoms with Crippen molar-refractivity contribution in [3.8, 4) is 5.75 Å². The number of nitrogens with one attached hydrogen (secondary N) is 2. The van der Waals surface area contributed by atoms with Gasteiger partial charge in [0.05, 0.1) is 6.61 Å². The van der Waals surface area contributed by atoms with E-state index in [-0.39, 0.29) is 18.2 Å². The summed E-state index contributed by atoms with van der Waals surface area (Å²) >= 11 is 0. The van der Waals surface area contributed by atoms with Gasteiger partial charge >= 0.3 is 0 Å². The molecule has 0 aliphatic heterocycles. The molecular formula is C11H16N3O3+. The summed E-state index contributed by atoms with van der Waals surface area (Å²) in [5.41, 5.74) is 5.91. The van der Waals surface area contributed by atoms with Gasteiger partial charge in [-0.15, -0.1) is 0 Å². The van der Waals surface area contributed by atoms with Crippen LogP contribution < -0.4 is 20.9 Å². The Bertz CT molecular complexity index is 401. The molecule has 0 radical (unpaired) electrons. The van der Waals surface area contributed by atoms with Crippen LogP contribution in [0.3, 0.4) is 0 Å². The largest absolute Gasteiger partial charge is 0.494 e. The van der Waals surface area contributed by atoms with Crippen LogP contribution in [0.25, 0.3) is 0 Å². The van der Waals surface area contributed by atoms with Gasteiger partial charge in [-0.3, -0.25) is 10.5 Å². The van der Waals surface area contributed by atoms with Gasteiger partial charge < -0.3 is 15.3 Å². The lowest BCUT2D eigenvalue weighted by Gasteiger charge is -2.05. The maximum Gasteiger partial charge on any atom is 0.288 e. The molecule has 1 aromatic carbocycles. The summed E-state index contributed by atoms with van der Waals surface area (Å²) in [7, 11) is 0. The summed E-state index contributed by atoms with van der Waals surface area (Å²) in [6.07, 6.45) is -0.0935. The van der Waals surface area contributed by atoms with Crippen LogP contribution >= 0.6 is 0 Å². The van der Waals surface area contributed by atoms with Gasteiger partial charge in [-0.2, -0.15) is 0 Å². The summed E-state index contributed by atoms with van der Waals surface area (Å²) in [6.45, 7) is 2.50. The van der Waals surface area contributed by atoms with Crippen molar-refractivity contribution in [1.82, 2.24) is 0 Å². The van der Waals surface area contributed by atoms with E-state index in [1.165, 1.54) is 0 Å². The van der Waals surface area contributed by atoms with Gasteiger partial charge in [-0.25, -0.2) is 0 Å². The Morgan fingerprint density at radius 1 is 1.47 bits per heavy atom. The van der Waals surface area contributed by atoms with E-state index in [9.17, 15) is 4.79 Å². The number of nitrogens with two attached hydrogens (primary N) is 1. The summed E-state index contributed by atoms with van der Waals surface area (Å²) < 4.78 is 5.27. The average molecular weight is 238 g/mol. The molecule has 0 bridgehead atoms. The third-order valence-electron chi connectivity index (χ3n) is 1.94. The average Bonchev–Trinajstić information content (AvgIpc) is 2.31. The standard InChI is InChI=1S/C11H15N3O3/c1-2-17-9-5-3-8(4-6-9)13-11(15)7-10(12)14-16/h3-6,16H,2,7H2,1H3,(H2,12,14)(H,13,15)/p+1. The first-order chi connectivity index (χ1) is 8.15. The number of hydrogen-bond acceptors (Lipinski definition) is 3. The van der Waals surface area contributed by atoms with Gasteiger partial charge in [-0.1, -0.05) is 5.16 Å². The number of amides is 1. The van der Waals surface area contributed by atoms with E-state index in [4.69, 9.17) is 15.7 Å². The van der Waals surface area contributed by atoms with Crippen LogP contribution in [0.2, 0.25) is 0 Å². The van der Waals surface area contributed by atoms with Gasteiger partial charge in [0.1, 0.15) is 12.2 Å². The molecule has 0 atom stereocenters. The molecule has 0 fully saturated rings. The van der Waals surface area contributed by atoms with Crippen LogP contribution in [0.4, 0.5) is 5.69 Å². The SMILES string of the molecule is CCOc1ccc(NC(=O)CC(N)=[NH+]O)cc1. The molecular weight excluding hydrogens is 222 g/mol. The second-order valence-corrected chi connectivity index (χ2v) is 3.32. The topological polar surface area (TPSA) is 98.5 Å². The quantitative estimate of drug-likeness (QED) is 0.234. The van der Waals surface area contributed by atoms with Crippen molar-refractivity contribution in [2.24, 2.45) is 5.73 Å². The van der Waals surface area contributed by atoms with E-state index in [1.807, 2.05) is 6.92 Å². The van der Waals surface area contributed by atoms with E-state index >= 15 is 0 Å². The molecule has 6 heteroatoms. The first kappa shape index (κ1) is 12.8. The Hall–Kier alpha value is -2.24. The normalized spacial score (nSPS) is 11.0. The van der Waals surface area contributed by atoms with Gasteiger partial charge in [-0.05, 0) is 31.2 Å². The van der Waals surface area contributed by atoms with Crippen LogP contribution in [0.1, 0.15) is 13.3 Å². The third-order valence-corrected chi connectivity index (χ3v) is 1.94. The highest BCUT2D eigenvalue weighted by Gasteiger charge is 2.08. The summed E-state index contributed by atoms with van der Waals surface area (Å²) in [5.74, 6) is 0.426. The van der Waals surface area contributed by atoms with Crippen molar-refractivity contribution in [3.05, 3.63) is 24.3 Å². The molecule has 0 spiro atoms. The zero-order chi connectivity index (χ0) is 12.7. The predicted octanol–water partition coefficient (Wildman–Crippen LogP) is -0.759. The molecule has 0 saturated heterocycles. The van der Waals surface area contributed by atoms with Crippen molar-refractivity contribution in [2.75, 3.05) is 11.9 Å². The molecule has 0 saturated carbocycles. The molecule has 0 aliphatic carbocycles. The van der Waals surface area contributed by atoms with Crippen molar-refractivity contribution >= 4 is 17.4 Å². The molecule has 0 unspecified atom stereocenters. The number of benzene rings is 1. The summed E-state index contributed by atoms with van der Waals surface area (Å²) in [5, 5.41) is 12.8. The lowest BCUT2D eigenvalue weighted by atomic mass is 10.3. The molecule has 92 valence electrons. The third kappa shape index (κ3) is 4.42. The minimum atomic E-state index is -0.312. The maximum absolute atomic E-state index is 11.4. The number of rotatable bonds is 5. The molecule has 0 aromatic heterocycles. The molecule has 1 amide bonds. The zero-order valence-corrected chi connectivity index (χ0v) is 9.56. The fourth-order valence-electron chi connectivity index (χ4n) is 1.22. The Labute approximate surface area is 99.1 Å². The maximum atomic E-state index is 11.4. The highest BCUT2D eigenvalue weighted by molar-refractivity contribution is 6.03. The fraction of sp³-hybridized carbons (Fsp3) is 0.273. The number of hydrogen-bond donors (Lipinski definition) is 4. The first-order valence-corrected chi connectivity index (χ1v) is 5.19. The molecule has 0 aliphatic rings. The Kier molecular flexibility index (Phi) is 4.80. The molecule has 1 aromatic rings. The summed E-state index contributed by atoms with van der Waals surface area (Å²) in [6, 6.07) is 6.98. The van der Waals surface area contributed by atoms with Crippen LogP contribution in [-0.2, 0) is 4.79 Å². The van der Waals surface area contributed by atoms with Crippen LogP contribution in [0, 0.1) is 0 Å². The smallest absolute Gasteiger partial charge is 0.288 e. The van der Waals surface area contributed by atoms with Crippen molar-refractivity contribution in [1.29, 1.82) is 0 Å². The molecule has 0 heterocycles. The molecule has 6 nitrogen and oxygen atoms in total. The second-order valence-electron chi connectivity index (χ2n) is 3.32. The van der Waals surface area contributed by atoms with Gasteiger partial charge in [0.25, 0.3) is 5.84 Å². The van der Waals surface area contributed by atoms with E-state index in [1.54, 1.807) is 29.4 Å². The van der Waals surface area contributed by atoms with E-state index in [0.29, 0.717) is 12.3 Å². The van der Waals surface area contributed by atoms with E-state index in [0.717, 1.165) is 5.75 Å². The number of carbonyl (C=O) groups excluding carboxylic acids is 1. The predicted molar refractivity (Wildman–Crippen MR) is 62.8 cm³/mol. The highest BCUT2D eigenvalue weighted by atomic mass is 16.5. The molecule has 1 rings (SSSR count). The Balaban J connectivity index is 2.54. The fourth-order valence-corrected chi connectivity index (χ4v) is 1.22. The highest BCUT2D eigenvalue weighted by Crippen LogP contribution is 2.15. The lowest BCUT2D eigenvalue weighted by Crippen LogP contribution is -2.72.